The van der Waals surface area contributed by atoms with Crippen molar-refractivity contribution in [3.8, 4) is 11.3 Å². The van der Waals surface area contributed by atoms with Gasteiger partial charge in [-0.3, -0.25) is 19.2 Å². The lowest BCUT2D eigenvalue weighted by atomic mass is 10.1. The lowest BCUT2D eigenvalue weighted by Gasteiger charge is -2.14. The molecule has 0 unspecified atom stereocenters. The third kappa shape index (κ3) is 4.65. The fraction of sp³-hybridized carbons (Fsp3) is 0.190. The van der Waals surface area contributed by atoms with E-state index in [0.29, 0.717) is 28.1 Å². The molecular formula is C21H19N3O6S. The molecule has 0 fully saturated rings. The van der Waals surface area contributed by atoms with Crippen LogP contribution < -0.4 is 4.72 Å². The van der Waals surface area contributed by atoms with Crippen molar-refractivity contribution in [1.29, 1.82) is 0 Å². The van der Waals surface area contributed by atoms with Crippen molar-refractivity contribution in [1.82, 2.24) is 9.88 Å². The SMILES string of the molecule is O=C1c2ccccc2C(=O)N1CCOCCS(=O)(=O)Nc1cccc(-c2cnco2)c1. The number of nitrogens with zero attached hydrogens (tertiary/aromatic N) is 2. The Kier molecular flexibility index (Phi) is 5.83. The van der Waals surface area contributed by atoms with E-state index in [9.17, 15) is 18.0 Å². The van der Waals surface area contributed by atoms with Crippen molar-refractivity contribution >= 4 is 27.5 Å². The van der Waals surface area contributed by atoms with Crippen LogP contribution in [-0.4, -0.2) is 55.6 Å². The molecule has 0 radical (unpaired) electrons. The molecule has 0 spiro atoms. The molecule has 1 aliphatic heterocycles. The number of carbonyl (C=O) groups excluding carboxylic acids is 2. The van der Waals surface area contributed by atoms with E-state index in [0.717, 1.165) is 4.90 Å². The van der Waals surface area contributed by atoms with Crippen LogP contribution in [0.15, 0.2) is 65.5 Å². The number of oxazole rings is 1. The first kappa shape index (κ1) is 20.8. The lowest BCUT2D eigenvalue weighted by Crippen LogP contribution is -2.33. The van der Waals surface area contributed by atoms with Crippen molar-refractivity contribution in [2.75, 3.05) is 30.2 Å². The first-order chi connectivity index (χ1) is 14.9. The van der Waals surface area contributed by atoms with Gasteiger partial charge in [0.2, 0.25) is 10.0 Å². The summed E-state index contributed by atoms with van der Waals surface area (Å²) in [6.07, 6.45) is 2.83. The summed E-state index contributed by atoms with van der Waals surface area (Å²) in [5, 5.41) is 0. The lowest BCUT2D eigenvalue weighted by molar-refractivity contribution is 0.0575. The molecule has 2 amide bonds. The number of hydrogen-bond donors (Lipinski definition) is 1. The van der Waals surface area contributed by atoms with Crippen LogP contribution in [0.5, 0.6) is 0 Å². The molecule has 1 aliphatic rings. The molecule has 0 atom stereocenters. The van der Waals surface area contributed by atoms with Gasteiger partial charge in [0.15, 0.2) is 12.2 Å². The van der Waals surface area contributed by atoms with Crippen molar-refractivity contribution in [2.24, 2.45) is 0 Å². The summed E-state index contributed by atoms with van der Waals surface area (Å²) >= 11 is 0. The van der Waals surface area contributed by atoms with Crippen LogP contribution in [0, 0.1) is 0 Å². The molecule has 160 valence electrons. The third-order valence-electron chi connectivity index (χ3n) is 4.69. The maximum Gasteiger partial charge on any atom is 0.261 e. The van der Waals surface area contributed by atoms with Crippen LogP contribution in [0.2, 0.25) is 0 Å². The summed E-state index contributed by atoms with van der Waals surface area (Å²) in [5.74, 6) is -0.491. The predicted octanol–water partition coefficient (Wildman–Crippen LogP) is 2.40. The number of hydrogen-bond acceptors (Lipinski definition) is 7. The van der Waals surface area contributed by atoms with Gasteiger partial charge in [0.05, 0.1) is 42.8 Å². The van der Waals surface area contributed by atoms with Crippen LogP contribution in [0.4, 0.5) is 5.69 Å². The highest BCUT2D eigenvalue weighted by atomic mass is 32.2. The minimum absolute atomic E-state index is 0.0436. The molecule has 0 aliphatic carbocycles. The van der Waals surface area contributed by atoms with Gasteiger partial charge in [0.1, 0.15) is 0 Å². The van der Waals surface area contributed by atoms with Crippen LogP contribution in [-0.2, 0) is 14.8 Å². The summed E-state index contributed by atoms with van der Waals surface area (Å²) in [4.78, 5) is 29.5. The van der Waals surface area contributed by atoms with E-state index >= 15 is 0 Å². The van der Waals surface area contributed by atoms with E-state index < -0.39 is 10.0 Å². The standard InChI is InChI=1S/C21H19N3O6S/c25-20-17-6-1-2-7-18(17)21(26)24(20)8-9-29-10-11-31(27,28)23-16-5-3-4-15(12-16)19-13-22-14-30-19/h1-7,12-14,23H,8-11H2. The Morgan fingerprint density at radius 1 is 1.00 bits per heavy atom. The Morgan fingerprint density at radius 2 is 1.74 bits per heavy atom. The van der Waals surface area contributed by atoms with Crippen molar-refractivity contribution < 1.29 is 27.2 Å². The topological polar surface area (TPSA) is 119 Å². The first-order valence-electron chi connectivity index (χ1n) is 9.47. The van der Waals surface area contributed by atoms with Crippen LogP contribution >= 0.6 is 0 Å². The average molecular weight is 441 g/mol. The van der Waals surface area contributed by atoms with Gasteiger partial charge in [0, 0.05) is 11.3 Å². The van der Waals surface area contributed by atoms with Gasteiger partial charge >= 0.3 is 0 Å². The number of aromatic nitrogens is 1. The molecule has 0 saturated carbocycles. The van der Waals surface area contributed by atoms with Gasteiger partial charge in [-0.1, -0.05) is 24.3 Å². The van der Waals surface area contributed by atoms with E-state index in [-0.39, 0.29) is 37.3 Å². The average Bonchev–Trinajstić information content (AvgIpc) is 3.37. The van der Waals surface area contributed by atoms with E-state index in [1.807, 2.05) is 0 Å². The van der Waals surface area contributed by atoms with E-state index in [1.165, 1.54) is 12.6 Å². The number of benzene rings is 2. The highest BCUT2D eigenvalue weighted by molar-refractivity contribution is 7.92. The number of imide groups is 1. The van der Waals surface area contributed by atoms with Crippen molar-refractivity contribution in [2.45, 2.75) is 0 Å². The number of amides is 2. The van der Waals surface area contributed by atoms with Gasteiger partial charge in [0.25, 0.3) is 11.8 Å². The monoisotopic (exact) mass is 441 g/mol. The van der Waals surface area contributed by atoms with Crippen LogP contribution in [0.3, 0.4) is 0 Å². The normalized spacial score (nSPS) is 13.5. The second-order valence-corrected chi connectivity index (χ2v) is 8.63. The number of anilines is 1. The maximum absolute atomic E-state index is 12.3. The molecule has 9 nitrogen and oxygen atoms in total. The molecule has 2 heterocycles. The Labute approximate surface area is 178 Å². The minimum atomic E-state index is -3.65. The number of carbonyl (C=O) groups is 2. The summed E-state index contributed by atoms with van der Waals surface area (Å²) in [5.41, 5.74) is 1.81. The minimum Gasteiger partial charge on any atom is -0.444 e. The maximum atomic E-state index is 12.3. The van der Waals surface area contributed by atoms with E-state index in [2.05, 4.69) is 9.71 Å². The molecule has 3 aromatic rings. The Hall–Kier alpha value is -3.50. The highest BCUT2D eigenvalue weighted by Crippen LogP contribution is 2.23. The fourth-order valence-corrected chi connectivity index (χ4v) is 4.12. The molecule has 1 aromatic heterocycles. The van der Waals surface area contributed by atoms with Crippen molar-refractivity contribution in [3.63, 3.8) is 0 Å². The summed E-state index contributed by atoms with van der Waals surface area (Å²) in [7, 11) is -3.65. The molecule has 4 rings (SSSR count). The number of sulfonamides is 1. The quantitative estimate of drug-likeness (QED) is 0.400. The Balaban J connectivity index is 1.25. The van der Waals surface area contributed by atoms with Gasteiger partial charge in [-0.05, 0) is 24.3 Å². The second-order valence-electron chi connectivity index (χ2n) is 6.79. The molecule has 31 heavy (non-hydrogen) atoms. The molecule has 0 bridgehead atoms. The first-order valence-corrected chi connectivity index (χ1v) is 11.1. The molecule has 2 aromatic carbocycles. The molecule has 10 heteroatoms. The number of ether oxygens (including phenoxy) is 1. The van der Waals surface area contributed by atoms with Crippen molar-refractivity contribution in [3.05, 3.63) is 72.2 Å². The Bertz CT molecular complexity index is 1170. The van der Waals surface area contributed by atoms with Gasteiger partial charge in [-0.2, -0.15) is 0 Å². The number of fused-ring (bicyclic) bond motifs is 1. The zero-order valence-corrected chi connectivity index (χ0v) is 17.2. The molecule has 1 N–H and O–H groups in total. The van der Waals surface area contributed by atoms with E-state index in [1.54, 1.807) is 48.5 Å². The predicted molar refractivity (Wildman–Crippen MR) is 112 cm³/mol. The molecular weight excluding hydrogens is 422 g/mol. The summed E-state index contributed by atoms with van der Waals surface area (Å²) < 4.78 is 37.7. The number of rotatable bonds is 9. The van der Waals surface area contributed by atoms with Gasteiger partial charge in [-0.25, -0.2) is 13.4 Å². The molecule has 0 saturated heterocycles. The summed E-state index contributed by atoms with van der Waals surface area (Å²) in [6.45, 7) is 0.0152. The smallest absolute Gasteiger partial charge is 0.261 e. The second kappa shape index (κ2) is 8.70. The largest absolute Gasteiger partial charge is 0.444 e. The van der Waals surface area contributed by atoms with Crippen LogP contribution in [0.25, 0.3) is 11.3 Å². The zero-order chi connectivity index (χ0) is 21.8. The number of nitrogens with one attached hydrogen (secondary N) is 1. The van der Waals surface area contributed by atoms with Gasteiger partial charge in [-0.15, -0.1) is 0 Å². The highest BCUT2D eigenvalue weighted by Gasteiger charge is 2.34. The fourth-order valence-electron chi connectivity index (χ4n) is 3.19. The van der Waals surface area contributed by atoms with Crippen LogP contribution in [0.1, 0.15) is 20.7 Å². The zero-order valence-electron chi connectivity index (χ0n) is 16.4. The van der Waals surface area contributed by atoms with E-state index in [4.69, 9.17) is 9.15 Å². The third-order valence-corrected chi connectivity index (χ3v) is 5.94. The Morgan fingerprint density at radius 3 is 2.42 bits per heavy atom. The summed E-state index contributed by atoms with van der Waals surface area (Å²) in [6, 6.07) is 13.3. The van der Waals surface area contributed by atoms with Gasteiger partial charge < -0.3 is 9.15 Å².